The molecule has 4 aromatic carbocycles. The minimum Gasteiger partial charge on any atom is -0.459 e. The van der Waals surface area contributed by atoms with Gasteiger partial charge >= 0.3 is 11.9 Å². The molecule has 2 saturated heterocycles. The molecular weight excluding hydrogens is 948 g/mol. The molecule has 6 unspecified atom stereocenters. The van der Waals surface area contributed by atoms with Gasteiger partial charge in [-0.25, -0.2) is 4.79 Å². The Morgan fingerprint density at radius 1 is 0.616 bits per heavy atom. The van der Waals surface area contributed by atoms with E-state index in [0.717, 1.165) is 73.6 Å². The third-order valence-electron chi connectivity index (χ3n) is 15.8. The number of benzene rings is 4. The van der Waals surface area contributed by atoms with Crippen molar-refractivity contribution in [2.24, 2.45) is 23.7 Å². The molecule has 13 heteroatoms. The summed E-state index contributed by atoms with van der Waals surface area (Å²) in [5.41, 5.74) is 3.82. The van der Waals surface area contributed by atoms with Crippen molar-refractivity contribution in [2.45, 2.75) is 178 Å². The van der Waals surface area contributed by atoms with Crippen LogP contribution >= 0.6 is 11.6 Å². The fraction of sp³-hybridized carbons (Fsp3) is 0.567. The Hall–Kier alpha value is -4.21. The quantitative estimate of drug-likeness (QED) is 0.0618. The van der Waals surface area contributed by atoms with E-state index in [-0.39, 0.29) is 55.2 Å². The first-order valence-corrected chi connectivity index (χ1v) is 27.4. The smallest absolute Gasteiger partial charge is 0.335 e. The highest BCUT2D eigenvalue weighted by Crippen LogP contribution is 2.43. The Balaban J connectivity index is 1.01. The summed E-state index contributed by atoms with van der Waals surface area (Å²) in [6.07, 6.45) is 0.261. The fourth-order valence-electron chi connectivity index (χ4n) is 11.6. The van der Waals surface area contributed by atoms with Crippen molar-refractivity contribution in [1.82, 2.24) is 0 Å². The molecule has 15 atom stereocenters. The first-order chi connectivity index (χ1) is 35.7. The van der Waals surface area contributed by atoms with Gasteiger partial charge in [-0.15, -0.1) is 11.6 Å². The number of rotatable bonds is 20. The highest BCUT2D eigenvalue weighted by atomic mass is 35.5. The lowest BCUT2D eigenvalue weighted by Crippen LogP contribution is -2.66. The van der Waals surface area contributed by atoms with Crippen molar-refractivity contribution in [2.75, 3.05) is 12.5 Å². The van der Waals surface area contributed by atoms with Gasteiger partial charge in [-0.1, -0.05) is 181 Å². The Bertz CT molecular complexity index is 2270. The van der Waals surface area contributed by atoms with E-state index in [0.29, 0.717) is 26.1 Å². The van der Waals surface area contributed by atoms with E-state index in [9.17, 15) is 9.59 Å². The third kappa shape index (κ3) is 14.2. The van der Waals surface area contributed by atoms with Crippen molar-refractivity contribution in [3.05, 3.63) is 144 Å². The van der Waals surface area contributed by atoms with Crippen molar-refractivity contribution >= 4 is 23.5 Å². The standard InChI is InChI=1S/C60H75ClO12/c1-39-20-19-31-47(52(39)68-48-32-40(2)41(3)53(64-35-43-23-11-5-12-24-43)54(48)65-36-44-25-13-6-14-26-44)70-60-57(72-51(62)34-61)56(55-50(71-60)38-67-59(73-55)46-29-17-8-18-30-46)69-49(33-42-21-9-4-10-22-42)58(63)66-37-45-27-15-7-16-28-45/h5-8,11-18,23-30,39-42,47-50,52-57,59-60H,4,9-10,19-22,31-38H2,1-3H3/t39?,40?,41-,47-,48-,49+,50+,52-,53+,54?,55+,56?,57?,59?,60-/m1/s1. The van der Waals surface area contributed by atoms with E-state index in [1.165, 1.54) is 0 Å². The second-order valence-electron chi connectivity index (χ2n) is 21.0. The molecule has 9 rings (SSSR count). The normalized spacial score (nSPS) is 32.2. The van der Waals surface area contributed by atoms with Crippen LogP contribution in [0.3, 0.4) is 0 Å². The van der Waals surface area contributed by atoms with E-state index in [1.807, 2.05) is 97.1 Å². The molecule has 3 aliphatic carbocycles. The van der Waals surface area contributed by atoms with Gasteiger partial charge in [-0.3, -0.25) is 4.79 Å². The van der Waals surface area contributed by atoms with Crippen LogP contribution in [0.5, 0.6) is 0 Å². The maximum Gasteiger partial charge on any atom is 0.335 e. The zero-order valence-corrected chi connectivity index (χ0v) is 43.4. The van der Waals surface area contributed by atoms with Crippen LogP contribution in [0.1, 0.15) is 114 Å². The largest absolute Gasteiger partial charge is 0.459 e. The Morgan fingerprint density at radius 3 is 1.88 bits per heavy atom. The van der Waals surface area contributed by atoms with Crippen molar-refractivity contribution in [1.29, 1.82) is 0 Å². The molecule has 0 aromatic heterocycles. The van der Waals surface area contributed by atoms with E-state index in [4.69, 9.17) is 59.0 Å². The molecule has 5 aliphatic rings. The highest BCUT2D eigenvalue weighted by Gasteiger charge is 2.56. The maximum atomic E-state index is 14.5. The second-order valence-corrected chi connectivity index (χ2v) is 21.3. The van der Waals surface area contributed by atoms with Crippen LogP contribution in [0, 0.1) is 23.7 Å². The predicted molar refractivity (Wildman–Crippen MR) is 275 cm³/mol. The number of halogens is 1. The van der Waals surface area contributed by atoms with Gasteiger partial charge in [0.15, 0.2) is 24.8 Å². The van der Waals surface area contributed by atoms with Crippen LogP contribution in [0.15, 0.2) is 121 Å². The number of ether oxygens (including phenoxy) is 10. The van der Waals surface area contributed by atoms with Crippen LogP contribution in [0.2, 0.25) is 0 Å². The van der Waals surface area contributed by atoms with Gasteiger partial charge in [-0.05, 0) is 66.0 Å². The number of fused-ring (bicyclic) bond motifs is 1. The summed E-state index contributed by atoms with van der Waals surface area (Å²) in [4.78, 5) is 28.0. The highest BCUT2D eigenvalue weighted by molar-refractivity contribution is 6.26. The zero-order chi connectivity index (χ0) is 50.5. The van der Waals surface area contributed by atoms with Gasteiger partial charge in [0.1, 0.15) is 36.9 Å². The first-order valence-electron chi connectivity index (χ1n) is 26.9. The number of hydrogen-bond donors (Lipinski definition) is 0. The van der Waals surface area contributed by atoms with Gasteiger partial charge in [-0.2, -0.15) is 0 Å². The molecule has 0 radical (unpaired) electrons. The summed E-state index contributed by atoms with van der Waals surface area (Å²) < 4.78 is 67.9. The van der Waals surface area contributed by atoms with E-state index < -0.39 is 73.1 Å². The SMILES string of the molecule is CC1C[C@@H](O[C@@H]2C(C)CCC[C@H]2O[C@@H]2O[C@H]3COC(c4ccccc4)O[C@@H]3C(O[C@@H](CC3CCCCC3)C(=O)OCc3ccccc3)C2OC(=O)CCl)C(OCc2ccccc2)[C@@H](OCc2ccccc2)[C@@H]1C. The summed E-state index contributed by atoms with van der Waals surface area (Å²) >= 11 is 6.24. The average Bonchev–Trinajstić information content (AvgIpc) is 3.43. The molecule has 0 bridgehead atoms. The molecule has 5 fully saturated rings. The maximum absolute atomic E-state index is 14.5. The van der Waals surface area contributed by atoms with Gasteiger partial charge < -0.3 is 47.4 Å². The van der Waals surface area contributed by atoms with Crippen LogP contribution in [-0.4, -0.2) is 91.8 Å². The lowest BCUT2D eigenvalue weighted by Gasteiger charge is -2.51. The summed E-state index contributed by atoms with van der Waals surface area (Å²) in [5, 5.41) is 0. The molecule has 394 valence electrons. The van der Waals surface area contributed by atoms with Crippen LogP contribution in [0.25, 0.3) is 0 Å². The molecule has 0 N–H and O–H groups in total. The molecule has 73 heavy (non-hydrogen) atoms. The van der Waals surface area contributed by atoms with Crippen LogP contribution in [0.4, 0.5) is 0 Å². The number of esters is 2. The van der Waals surface area contributed by atoms with Crippen LogP contribution < -0.4 is 0 Å². The second kappa shape index (κ2) is 26.5. The minimum atomic E-state index is -1.20. The fourth-order valence-corrected chi connectivity index (χ4v) is 11.6. The molecule has 3 saturated carbocycles. The number of alkyl halides is 1. The lowest BCUT2D eigenvalue weighted by molar-refractivity contribution is -0.378. The van der Waals surface area contributed by atoms with Gasteiger partial charge in [0.2, 0.25) is 0 Å². The molecule has 4 aromatic rings. The monoisotopic (exact) mass is 1020 g/mol. The Labute approximate surface area is 436 Å². The molecule has 2 heterocycles. The molecule has 0 spiro atoms. The van der Waals surface area contributed by atoms with E-state index in [1.54, 1.807) is 0 Å². The average molecular weight is 1020 g/mol. The van der Waals surface area contributed by atoms with Gasteiger partial charge in [0.25, 0.3) is 0 Å². The number of carbonyl (C=O) groups excluding carboxylic acids is 2. The van der Waals surface area contributed by atoms with Crippen molar-refractivity contribution in [3.63, 3.8) is 0 Å². The van der Waals surface area contributed by atoms with Crippen LogP contribution in [-0.2, 0) is 76.8 Å². The Kier molecular flexibility index (Phi) is 19.5. The molecular formula is C60H75ClO12. The summed E-state index contributed by atoms with van der Waals surface area (Å²) in [7, 11) is 0. The lowest BCUT2D eigenvalue weighted by atomic mass is 9.75. The topological polar surface area (TPSA) is 126 Å². The summed E-state index contributed by atoms with van der Waals surface area (Å²) in [6, 6.07) is 39.7. The van der Waals surface area contributed by atoms with E-state index in [2.05, 4.69) is 45.0 Å². The zero-order valence-electron chi connectivity index (χ0n) is 42.7. The predicted octanol–water partition coefficient (Wildman–Crippen LogP) is 11.2. The summed E-state index contributed by atoms with van der Waals surface area (Å²) in [6.45, 7) is 7.78. The Morgan fingerprint density at radius 2 is 1.23 bits per heavy atom. The molecule has 0 amide bonds. The van der Waals surface area contributed by atoms with Gasteiger partial charge in [0.05, 0.1) is 44.2 Å². The van der Waals surface area contributed by atoms with E-state index >= 15 is 0 Å². The number of carbonyl (C=O) groups is 2. The number of hydrogen-bond acceptors (Lipinski definition) is 12. The molecule has 2 aliphatic heterocycles. The van der Waals surface area contributed by atoms with Gasteiger partial charge in [0, 0.05) is 5.56 Å². The third-order valence-corrected chi connectivity index (χ3v) is 16.0. The minimum absolute atomic E-state index is 0.0822. The van der Waals surface area contributed by atoms with Crippen molar-refractivity contribution < 1.29 is 57.0 Å². The summed E-state index contributed by atoms with van der Waals surface area (Å²) in [5.74, 6) is -0.823. The van der Waals surface area contributed by atoms with Crippen molar-refractivity contribution in [3.8, 4) is 0 Å². The molecule has 12 nitrogen and oxygen atoms in total. The first kappa shape index (κ1) is 53.6.